The van der Waals surface area contributed by atoms with Gasteiger partial charge in [-0.2, -0.15) is 0 Å². The molecule has 0 unspecified atom stereocenters. The molecule has 84 valence electrons. The fourth-order valence-electron chi connectivity index (χ4n) is 1.98. The highest BCUT2D eigenvalue weighted by atomic mass is 15.0. The van der Waals surface area contributed by atoms with Gasteiger partial charge in [0.25, 0.3) is 0 Å². The van der Waals surface area contributed by atoms with Crippen molar-refractivity contribution in [2.75, 3.05) is 0 Å². The smallest absolute Gasteiger partial charge is 0.0483 e. The van der Waals surface area contributed by atoms with E-state index in [2.05, 4.69) is 48.5 Å². The van der Waals surface area contributed by atoms with Gasteiger partial charge >= 0.3 is 0 Å². The predicted octanol–water partition coefficient (Wildman–Crippen LogP) is 3.07. The molecular formula is C14H18N2. The molecule has 0 atom stereocenters. The number of nitrogens with two attached hydrogens (primary N) is 1. The molecule has 2 N–H and O–H groups in total. The Morgan fingerprint density at radius 2 is 2.12 bits per heavy atom. The lowest BCUT2D eigenvalue weighted by molar-refractivity contribution is 0.716. The third-order valence-electron chi connectivity index (χ3n) is 2.87. The summed E-state index contributed by atoms with van der Waals surface area (Å²) in [6, 6.07) is 8.41. The van der Waals surface area contributed by atoms with Crippen molar-refractivity contribution in [2.24, 2.45) is 5.73 Å². The number of nitrogens with zero attached hydrogens (tertiary/aromatic N) is 1. The normalized spacial score (nSPS) is 10.9. The Labute approximate surface area is 96.4 Å². The minimum atomic E-state index is 0.598. The minimum absolute atomic E-state index is 0.598. The summed E-state index contributed by atoms with van der Waals surface area (Å²) in [6.07, 6.45) is 3.18. The van der Waals surface area contributed by atoms with Gasteiger partial charge in [0, 0.05) is 30.2 Å². The first-order valence-corrected chi connectivity index (χ1v) is 5.63. The number of rotatable bonds is 4. The van der Waals surface area contributed by atoms with E-state index in [4.69, 9.17) is 5.73 Å². The SMILES string of the molecule is C=C(C)CCn1cc(CN)c2ccccc21. The highest BCUT2D eigenvalue weighted by molar-refractivity contribution is 5.83. The van der Waals surface area contributed by atoms with Gasteiger partial charge in [0.05, 0.1) is 0 Å². The molecular weight excluding hydrogens is 196 g/mol. The Morgan fingerprint density at radius 1 is 1.38 bits per heavy atom. The van der Waals surface area contributed by atoms with E-state index in [1.165, 1.54) is 22.0 Å². The summed E-state index contributed by atoms with van der Waals surface area (Å²) in [7, 11) is 0. The summed E-state index contributed by atoms with van der Waals surface area (Å²) in [6.45, 7) is 7.58. The molecule has 0 aliphatic carbocycles. The van der Waals surface area contributed by atoms with Gasteiger partial charge in [-0.05, 0) is 25.0 Å². The Morgan fingerprint density at radius 3 is 2.81 bits per heavy atom. The van der Waals surface area contributed by atoms with Crippen LogP contribution < -0.4 is 5.73 Å². The first kappa shape index (κ1) is 11.0. The molecule has 0 spiro atoms. The number of aryl methyl sites for hydroxylation is 1. The molecule has 16 heavy (non-hydrogen) atoms. The second-order valence-corrected chi connectivity index (χ2v) is 4.28. The van der Waals surface area contributed by atoms with E-state index < -0.39 is 0 Å². The highest BCUT2D eigenvalue weighted by Crippen LogP contribution is 2.21. The average Bonchev–Trinajstić information content (AvgIpc) is 2.65. The van der Waals surface area contributed by atoms with Gasteiger partial charge in [0.15, 0.2) is 0 Å². The van der Waals surface area contributed by atoms with Gasteiger partial charge in [-0.15, -0.1) is 6.58 Å². The molecule has 1 heterocycles. The molecule has 0 amide bonds. The van der Waals surface area contributed by atoms with E-state index >= 15 is 0 Å². The average molecular weight is 214 g/mol. The van der Waals surface area contributed by atoms with Crippen LogP contribution >= 0.6 is 0 Å². The van der Waals surface area contributed by atoms with Crippen LogP contribution in [0, 0.1) is 0 Å². The molecule has 0 aliphatic heterocycles. The topological polar surface area (TPSA) is 30.9 Å². The van der Waals surface area contributed by atoms with Crippen molar-refractivity contribution in [1.29, 1.82) is 0 Å². The minimum Gasteiger partial charge on any atom is -0.347 e. The zero-order valence-electron chi connectivity index (χ0n) is 9.74. The van der Waals surface area contributed by atoms with Crippen LogP contribution in [-0.4, -0.2) is 4.57 Å². The van der Waals surface area contributed by atoms with E-state index in [-0.39, 0.29) is 0 Å². The van der Waals surface area contributed by atoms with Gasteiger partial charge in [0.2, 0.25) is 0 Å². The monoisotopic (exact) mass is 214 g/mol. The summed E-state index contributed by atoms with van der Waals surface area (Å²) in [5, 5.41) is 1.27. The molecule has 0 fully saturated rings. The zero-order valence-corrected chi connectivity index (χ0v) is 9.74. The molecule has 0 aliphatic rings. The van der Waals surface area contributed by atoms with E-state index in [1.807, 2.05) is 0 Å². The number of hydrogen-bond donors (Lipinski definition) is 1. The lowest BCUT2D eigenvalue weighted by Gasteiger charge is -2.04. The van der Waals surface area contributed by atoms with E-state index in [1.54, 1.807) is 0 Å². The van der Waals surface area contributed by atoms with Crippen LogP contribution in [0.2, 0.25) is 0 Å². The van der Waals surface area contributed by atoms with Gasteiger partial charge < -0.3 is 10.3 Å². The molecule has 0 saturated carbocycles. The zero-order chi connectivity index (χ0) is 11.5. The van der Waals surface area contributed by atoms with Crippen molar-refractivity contribution >= 4 is 10.9 Å². The summed E-state index contributed by atoms with van der Waals surface area (Å²) < 4.78 is 2.27. The second-order valence-electron chi connectivity index (χ2n) is 4.28. The molecule has 0 bridgehead atoms. The van der Waals surface area contributed by atoms with E-state index in [9.17, 15) is 0 Å². The van der Waals surface area contributed by atoms with Crippen LogP contribution in [0.3, 0.4) is 0 Å². The molecule has 1 aromatic heterocycles. The van der Waals surface area contributed by atoms with Crippen LogP contribution in [0.25, 0.3) is 10.9 Å². The molecule has 2 rings (SSSR count). The molecule has 2 heteroatoms. The Bertz CT molecular complexity index is 508. The second kappa shape index (κ2) is 4.54. The fraction of sp³-hybridized carbons (Fsp3) is 0.286. The fourth-order valence-corrected chi connectivity index (χ4v) is 1.98. The van der Waals surface area contributed by atoms with E-state index in [0.717, 1.165) is 13.0 Å². The van der Waals surface area contributed by atoms with Crippen molar-refractivity contribution in [3.8, 4) is 0 Å². The number of aromatic nitrogens is 1. The molecule has 2 nitrogen and oxygen atoms in total. The number of allylic oxidation sites excluding steroid dienone is 1. The highest BCUT2D eigenvalue weighted by Gasteiger charge is 2.05. The Hall–Kier alpha value is -1.54. The number of fused-ring (bicyclic) bond motifs is 1. The summed E-state index contributed by atoms with van der Waals surface area (Å²) >= 11 is 0. The van der Waals surface area contributed by atoms with Crippen molar-refractivity contribution < 1.29 is 0 Å². The predicted molar refractivity (Wildman–Crippen MR) is 69.3 cm³/mol. The largest absolute Gasteiger partial charge is 0.347 e. The summed E-state index contributed by atoms with van der Waals surface area (Å²) in [4.78, 5) is 0. The van der Waals surface area contributed by atoms with Crippen molar-refractivity contribution in [1.82, 2.24) is 4.57 Å². The van der Waals surface area contributed by atoms with Crippen LogP contribution in [-0.2, 0) is 13.1 Å². The third-order valence-corrected chi connectivity index (χ3v) is 2.87. The van der Waals surface area contributed by atoms with Crippen LogP contribution in [0.5, 0.6) is 0 Å². The number of hydrogen-bond acceptors (Lipinski definition) is 1. The van der Waals surface area contributed by atoms with Crippen molar-refractivity contribution in [2.45, 2.75) is 26.4 Å². The Balaban J connectivity index is 2.41. The maximum Gasteiger partial charge on any atom is 0.0483 e. The van der Waals surface area contributed by atoms with Crippen molar-refractivity contribution in [3.05, 3.63) is 48.2 Å². The molecule has 0 radical (unpaired) electrons. The van der Waals surface area contributed by atoms with Gasteiger partial charge in [-0.25, -0.2) is 0 Å². The van der Waals surface area contributed by atoms with Crippen LogP contribution in [0.1, 0.15) is 18.9 Å². The molecule has 2 aromatic rings. The van der Waals surface area contributed by atoms with Gasteiger partial charge in [-0.1, -0.05) is 23.8 Å². The molecule has 0 saturated heterocycles. The van der Waals surface area contributed by atoms with Gasteiger partial charge in [0.1, 0.15) is 0 Å². The lowest BCUT2D eigenvalue weighted by atomic mass is 10.2. The summed E-state index contributed by atoms with van der Waals surface area (Å²) in [5.74, 6) is 0. The molecule has 1 aromatic carbocycles. The maximum absolute atomic E-state index is 5.75. The van der Waals surface area contributed by atoms with Gasteiger partial charge in [-0.3, -0.25) is 0 Å². The first-order valence-electron chi connectivity index (χ1n) is 5.63. The quantitative estimate of drug-likeness (QED) is 0.779. The van der Waals surface area contributed by atoms with Crippen LogP contribution in [0.4, 0.5) is 0 Å². The first-order chi connectivity index (χ1) is 7.72. The van der Waals surface area contributed by atoms with Crippen molar-refractivity contribution in [3.63, 3.8) is 0 Å². The number of para-hydroxylation sites is 1. The number of benzene rings is 1. The summed E-state index contributed by atoms with van der Waals surface area (Å²) in [5.41, 5.74) is 9.46. The standard InChI is InChI=1S/C14H18N2/c1-11(2)7-8-16-10-12(9-15)13-5-3-4-6-14(13)16/h3-6,10H,1,7-9,15H2,2H3. The maximum atomic E-state index is 5.75. The Kier molecular flexibility index (Phi) is 3.11. The van der Waals surface area contributed by atoms with E-state index in [0.29, 0.717) is 6.54 Å². The third kappa shape index (κ3) is 2.02. The lowest BCUT2D eigenvalue weighted by Crippen LogP contribution is -1.97. The van der Waals surface area contributed by atoms with Crippen LogP contribution in [0.15, 0.2) is 42.6 Å².